The molecule has 2 rings (SSSR count). The molecule has 2 aromatic rings. The van der Waals surface area contributed by atoms with Crippen LogP contribution in [0.3, 0.4) is 0 Å². The molecule has 102 valence electrons. The molecule has 0 bridgehead atoms. The van der Waals surface area contributed by atoms with Crippen LogP contribution < -0.4 is 0 Å². The molecule has 0 spiro atoms. The molecular formula is C15H19NO3. The van der Waals surface area contributed by atoms with Crippen molar-refractivity contribution in [2.45, 2.75) is 26.3 Å². The molecule has 19 heavy (non-hydrogen) atoms. The molecule has 4 heteroatoms. The number of hydrogen-bond acceptors (Lipinski definition) is 2. The summed E-state index contributed by atoms with van der Waals surface area (Å²) >= 11 is 0. The average Bonchev–Trinajstić information content (AvgIpc) is 2.74. The first-order valence-corrected chi connectivity index (χ1v) is 6.40. The molecule has 0 radical (unpaired) electrons. The minimum atomic E-state index is -0.901. The SMILES string of the molecule is COCCn1c(C(=O)O)cc2c(C(C)C)cccc21. The fourth-order valence-electron chi connectivity index (χ4n) is 2.41. The van der Waals surface area contributed by atoms with E-state index in [1.165, 1.54) is 5.56 Å². The standard InChI is InChI=1S/C15H19NO3/c1-10(2)11-5-4-6-13-12(11)9-14(15(17)18)16(13)7-8-19-3/h4-6,9-10H,7-8H2,1-3H3,(H,17,18). The summed E-state index contributed by atoms with van der Waals surface area (Å²) < 4.78 is 6.88. The van der Waals surface area contributed by atoms with Gasteiger partial charge in [-0.25, -0.2) is 4.79 Å². The van der Waals surface area contributed by atoms with Crippen LogP contribution in [0.4, 0.5) is 0 Å². The van der Waals surface area contributed by atoms with E-state index in [0.29, 0.717) is 24.8 Å². The minimum Gasteiger partial charge on any atom is -0.477 e. The van der Waals surface area contributed by atoms with Gasteiger partial charge in [-0.2, -0.15) is 0 Å². The van der Waals surface area contributed by atoms with Crippen molar-refractivity contribution < 1.29 is 14.6 Å². The van der Waals surface area contributed by atoms with Crippen LogP contribution in [0.25, 0.3) is 10.9 Å². The van der Waals surface area contributed by atoms with Gasteiger partial charge in [0, 0.05) is 24.6 Å². The maximum absolute atomic E-state index is 11.4. The molecular weight excluding hydrogens is 242 g/mol. The highest BCUT2D eigenvalue weighted by atomic mass is 16.5. The molecule has 0 aliphatic heterocycles. The lowest BCUT2D eigenvalue weighted by Gasteiger charge is -2.09. The lowest BCUT2D eigenvalue weighted by molar-refractivity contribution is 0.0683. The predicted octanol–water partition coefficient (Wildman–Crippen LogP) is 3.11. The van der Waals surface area contributed by atoms with Gasteiger partial charge in [-0.05, 0) is 23.6 Å². The van der Waals surface area contributed by atoms with Gasteiger partial charge in [-0.3, -0.25) is 0 Å². The molecule has 0 atom stereocenters. The zero-order valence-corrected chi connectivity index (χ0v) is 11.5. The largest absolute Gasteiger partial charge is 0.477 e. The Balaban J connectivity index is 2.66. The van der Waals surface area contributed by atoms with E-state index in [0.717, 1.165) is 10.9 Å². The number of rotatable bonds is 5. The third-order valence-corrected chi connectivity index (χ3v) is 3.34. The van der Waals surface area contributed by atoms with Crippen LogP contribution in [0.1, 0.15) is 35.8 Å². The van der Waals surface area contributed by atoms with Crippen molar-refractivity contribution >= 4 is 16.9 Å². The molecule has 0 aliphatic rings. The Kier molecular flexibility index (Phi) is 3.90. The van der Waals surface area contributed by atoms with Crippen molar-refractivity contribution in [2.75, 3.05) is 13.7 Å². The molecule has 1 aromatic carbocycles. The Labute approximate surface area is 112 Å². The zero-order chi connectivity index (χ0) is 14.0. The van der Waals surface area contributed by atoms with Crippen molar-refractivity contribution in [3.05, 3.63) is 35.5 Å². The molecule has 1 N–H and O–H groups in total. The first kappa shape index (κ1) is 13.6. The van der Waals surface area contributed by atoms with Gasteiger partial charge in [0.1, 0.15) is 5.69 Å². The monoisotopic (exact) mass is 261 g/mol. The topological polar surface area (TPSA) is 51.5 Å². The lowest BCUT2D eigenvalue weighted by atomic mass is 9.99. The summed E-state index contributed by atoms with van der Waals surface area (Å²) in [6, 6.07) is 7.76. The Morgan fingerprint density at radius 1 is 1.42 bits per heavy atom. The van der Waals surface area contributed by atoms with Gasteiger partial charge < -0.3 is 14.4 Å². The Hall–Kier alpha value is -1.81. The first-order chi connectivity index (χ1) is 9.06. The van der Waals surface area contributed by atoms with Gasteiger partial charge in [0.05, 0.1) is 6.61 Å². The van der Waals surface area contributed by atoms with Gasteiger partial charge in [0.15, 0.2) is 0 Å². The molecule has 0 saturated heterocycles. The molecule has 0 aliphatic carbocycles. The second-order valence-electron chi connectivity index (χ2n) is 4.91. The molecule has 0 unspecified atom stereocenters. The van der Waals surface area contributed by atoms with Crippen molar-refractivity contribution in [1.82, 2.24) is 4.57 Å². The van der Waals surface area contributed by atoms with E-state index in [2.05, 4.69) is 19.9 Å². The number of fused-ring (bicyclic) bond motifs is 1. The van der Waals surface area contributed by atoms with Gasteiger partial charge in [-0.1, -0.05) is 26.0 Å². The lowest BCUT2D eigenvalue weighted by Crippen LogP contribution is -2.11. The summed E-state index contributed by atoms with van der Waals surface area (Å²) in [5, 5.41) is 10.4. The van der Waals surface area contributed by atoms with E-state index in [-0.39, 0.29) is 0 Å². The number of benzene rings is 1. The number of ether oxygens (including phenoxy) is 1. The van der Waals surface area contributed by atoms with Crippen LogP contribution in [0.5, 0.6) is 0 Å². The number of carbonyl (C=O) groups is 1. The van der Waals surface area contributed by atoms with Crippen molar-refractivity contribution in [3.8, 4) is 0 Å². The third kappa shape index (κ3) is 2.49. The third-order valence-electron chi connectivity index (χ3n) is 3.34. The number of nitrogens with zero attached hydrogens (tertiary/aromatic N) is 1. The first-order valence-electron chi connectivity index (χ1n) is 6.40. The summed E-state index contributed by atoms with van der Waals surface area (Å²) in [5.41, 5.74) is 2.46. The molecule has 0 saturated carbocycles. The fraction of sp³-hybridized carbons (Fsp3) is 0.400. The number of methoxy groups -OCH3 is 1. The molecule has 1 aromatic heterocycles. The number of aromatic nitrogens is 1. The summed E-state index contributed by atoms with van der Waals surface area (Å²) in [5.74, 6) is -0.536. The maximum Gasteiger partial charge on any atom is 0.352 e. The number of carboxylic acids is 1. The van der Waals surface area contributed by atoms with Crippen molar-refractivity contribution in [1.29, 1.82) is 0 Å². The fourth-order valence-corrected chi connectivity index (χ4v) is 2.41. The van der Waals surface area contributed by atoms with E-state index in [9.17, 15) is 9.90 Å². The maximum atomic E-state index is 11.4. The second kappa shape index (κ2) is 5.45. The molecule has 0 amide bonds. The van der Waals surface area contributed by atoms with E-state index in [1.807, 2.05) is 16.7 Å². The number of carboxylic acid groups (broad SMARTS) is 1. The predicted molar refractivity (Wildman–Crippen MR) is 74.9 cm³/mol. The quantitative estimate of drug-likeness (QED) is 0.899. The Bertz CT molecular complexity index is 599. The zero-order valence-electron chi connectivity index (χ0n) is 11.5. The highest BCUT2D eigenvalue weighted by Crippen LogP contribution is 2.28. The van der Waals surface area contributed by atoms with Crippen LogP contribution in [0.15, 0.2) is 24.3 Å². The molecule has 1 heterocycles. The van der Waals surface area contributed by atoms with Gasteiger partial charge >= 0.3 is 5.97 Å². The average molecular weight is 261 g/mol. The highest BCUT2D eigenvalue weighted by molar-refractivity contribution is 5.96. The summed E-state index contributed by atoms with van der Waals surface area (Å²) in [7, 11) is 1.62. The number of hydrogen-bond donors (Lipinski definition) is 1. The Morgan fingerprint density at radius 3 is 2.74 bits per heavy atom. The number of aromatic carboxylic acids is 1. The van der Waals surface area contributed by atoms with Gasteiger partial charge in [0.25, 0.3) is 0 Å². The summed E-state index contributed by atoms with van der Waals surface area (Å²) in [4.78, 5) is 11.4. The van der Waals surface area contributed by atoms with E-state index < -0.39 is 5.97 Å². The van der Waals surface area contributed by atoms with E-state index in [4.69, 9.17) is 4.74 Å². The van der Waals surface area contributed by atoms with Crippen molar-refractivity contribution in [3.63, 3.8) is 0 Å². The van der Waals surface area contributed by atoms with E-state index in [1.54, 1.807) is 13.2 Å². The van der Waals surface area contributed by atoms with Crippen molar-refractivity contribution in [2.24, 2.45) is 0 Å². The van der Waals surface area contributed by atoms with E-state index >= 15 is 0 Å². The minimum absolute atomic E-state index is 0.320. The van der Waals surface area contributed by atoms with Crippen LogP contribution in [0, 0.1) is 0 Å². The smallest absolute Gasteiger partial charge is 0.352 e. The highest BCUT2D eigenvalue weighted by Gasteiger charge is 2.17. The van der Waals surface area contributed by atoms with Gasteiger partial charge in [-0.15, -0.1) is 0 Å². The normalized spacial score (nSPS) is 11.4. The van der Waals surface area contributed by atoms with Crippen LogP contribution in [-0.4, -0.2) is 29.4 Å². The van der Waals surface area contributed by atoms with Gasteiger partial charge in [0.2, 0.25) is 0 Å². The molecule has 4 nitrogen and oxygen atoms in total. The molecule has 0 fully saturated rings. The van der Waals surface area contributed by atoms with Crippen LogP contribution >= 0.6 is 0 Å². The van der Waals surface area contributed by atoms with Crippen LogP contribution in [-0.2, 0) is 11.3 Å². The summed E-state index contributed by atoms with van der Waals surface area (Å²) in [6.07, 6.45) is 0. The van der Waals surface area contributed by atoms with Crippen LogP contribution in [0.2, 0.25) is 0 Å². The Morgan fingerprint density at radius 2 is 2.16 bits per heavy atom. The second-order valence-corrected chi connectivity index (χ2v) is 4.91. The summed E-state index contributed by atoms with van der Waals surface area (Å²) in [6.45, 7) is 5.27.